The molecule has 3 aromatic rings. The molecule has 0 saturated carbocycles. The number of pyridine rings is 1. The van der Waals surface area contributed by atoms with E-state index in [1.165, 1.54) is 0 Å². The standard InChI is InChI=1S/C12H8ClN3/c13-12-7-10(5-6-14-12)16-8-9-3-1-2-4-11(9)15-16/h1-8H. The SMILES string of the molecule is Clc1cc(-n2cc3ccccc3n2)ccn1. The van der Waals surface area contributed by atoms with Gasteiger partial charge in [-0.25, -0.2) is 9.67 Å². The smallest absolute Gasteiger partial charge is 0.131 e. The normalized spacial score (nSPS) is 10.8. The molecule has 3 nitrogen and oxygen atoms in total. The van der Waals surface area contributed by atoms with E-state index in [4.69, 9.17) is 11.6 Å². The molecule has 1 aromatic carbocycles. The highest BCUT2D eigenvalue weighted by Crippen LogP contribution is 2.16. The summed E-state index contributed by atoms with van der Waals surface area (Å²) in [6.45, 7) is 0. The van der Waals surface area contributed by atoms with Crippen molar-refractivity contribution < 1.29 is 0 Å². The van der Waals surface area contributed by atoms with E-state index in [1.54, 1.807) is 16.9 Å². The molecule has 3 rings (SSSR count). The van der Waals surface area contributed by atoms with E-state index in [-0.39, 0.29) is 0 Å². The van der Waals surface area contributed by atoms with Crippen LogP contribution in [0.1, 0.15) is 0 Å². The zero-order valence-electron chi connectivity index (χ0n) is 8.34. The van der Waals surface area contributed by atoms with Gasteiger partial charge >= 0.3 is 0 Å². The Balaban J connectivity index is 2.19. The van der Waals surface area contributed by atoms with Gasteiger partial charge in [0.1, 0.15) is 5.15 Å². The Kier molecular flexibility index (Phi) is 2.11. The summed E-state index contributed by atoms with van der Waals surface area (Å²) in [5.74, 6) is 0. The van der Waals surface area contributed by atoms with Gasteiger partial charge in [-0.05, 0) is 12.1 Å². The molecule has 0 fully saturated rings. The van der Waals surface area contributed by atoms with Crippen molar-refractivity contribution in [2.75, 3.05) is 0 Å². The highest BCUT2D eigenvalue weighted by molar-refractivity contribution is 6.29. The second-order valence-corrected chi connectivity index (χ2v) is 3.86. The minimum absolute atomic E-state index is 0.469. The maximum absolute atomic E-state index is 5.84. The van der Waals surface area contributed by atoms with Crippen molar-refractivity contribution in [1.29, 1.82) is 0 Å². The number of halogens is 1. The Morgan fingerprint density at radius 3 is 2.81 bits per heavy atom. The minimum atomic E-state index is 0.469. The van der Waals surface area contributed by atoms with Crippen LogP contribution in [-0.2, 0) is 0 Å². The van der Waals surface area contributed by atoms with Crippen molar-refractivity contribution in [3.05, 3.63) is 53.9 Å². The predicted octanol–water partition coefficient (Wildman–Crippen LogP) is 3.07. The lowest BCUT2D eigenvalue weighted by molar-refractivity contribution is 0.893. The van der Waals surface area contributed by atoms with Crippen molar-refractivity contribution in [3.8, 4) is 5.69 Å². The molecule has 0 amide bonds. The van der Waals surface area contributed by atoms with Gasteiger partial charge in [0.15, 0.2) is 0 Å². The highest BCUT2D eigenvalue weighted by Gasteiger charge is 2.02. The molecule has 0 aliphatic rings. The van der Waals surface area contributed by atoms with Crippen LogP contribution in [0, 0.1) is 0 Å². The summed E-state index contributed by atoms with van der Waals surface area (Å²) in [7, 11) is 0. The van der Waals surface area contributed by atoms with Crippen molar-refractivity contribution in [2.24, 2.45) is 0 Å². The maximum atomic E-state index is 5.84. The van der Waals surface area contributed by atoms with Crippen LogP contribution in [0.15, 0.2) is 48.8 Å². The molecule has 0 aliphatic heterocycles. The molecule has 0 atom stereocenters. The van der Waals surface area contributed by atoms with Crippen molar-refractivity contribution in [3.63, 3.8) is 0 Å². The summed E-state index contributed by atoms with van der Waals surface area (Å²) in [5.41, 5.74) is 1.88. The number of aromatic nitrogens is 3. The Bertz CT molecular complexity index is 612. The lowest BCUT2D eigenvalue weighted by Gasteiger charge is -1.99. The van der Waals surface area contributed by atoms with E-state index in [2.05, 4.69) is 10.1 Å². The zero-order chi connectivity index (χ0) is 11.0. The van der Waals surface area contributed by atoms with E-state index in [1.807, 2.05) is 36.5 Å². The number of nitrogens with zero attached hydrogens (tertiary/aromatic N) is 3. The number of rotatable bonds is 1. The molecule has 0 aliphatic carbocycles. The third-order valence-corrected chi connectivity index (χ3v) is 2.59. The van der Waals surface area contributed by atoms with Crippen molar-refractivity contribution in [2.45, 2.75) is 0 Å². The van der Waals surface area contributed by atoms with Crippen LogP contribution in [-0.4, -0.2) is 14.8 Å². The first kappa shape index (κ1) is 9.36. The molecule has 0 radical (unpaired) electrons. The number of fused-ring (bicyclic) bond motifs is 1. The third-order valence-electron chi connectivity index (χ3n) is 2.39. The molecule has 4 heteroatoms. The van der Waals surface area contributed by atoms with Crippen molar-refractivity contribution in [1.82, 2.24) is 14.8 Å². The molecule has 78 valence electrons. The predicted molar refractivity (Wildman–Crippen MR) is 63.9 cm³/mol. The van der Waals surface area contributed by atoms with Gasteiger partial charge in [0.25, 0.3) is 0 Å². The monoisotopic (exact) mass is 229 g/mol. The average Bonchev–Trinajstić information content (AvgIpc) is 2.72. The first-order valence-corrected chi connectivity index (χ1v) is 5.27. The van der Waals surface area contributed by atoms with E-state index >= 15 is 0 Å². The van der Waals surface area contributed by atoms with E-state index < -0.39 is 0 Å². The van der Waals surface area contributed by atoms with Gasteiger partial charge in [-0.15, -0.1) is 0 Å². The second kappa shape index (κ2) is 3.61. The molecule has 2 heterocycles. The largest absolute Gasteiger partial charge is 0.244 e. The molecule has 2 aromatic heterocycles. The van der Waals surface area contributed by atoms with Crippen LogP contribution in [0.2, 0.25) is 5.15 Å². The average molecular weight is 230 g/mol. The van der Waals surface area contributed by atoms with Crippen LogP contribution >= 0.6 is 11.6 Å². The first-order valence-electron chi connectivity index (χ1n) is 4.89. The summed E-state index contributed by atoms with van der Waals surface area (Å²) in [4.78, 5) is 3.94. The van der Waals surface area contributed by atoms with Gasteiger partial charge in [-0.2, -0.15) is 5.10 Å². The van der Waals surface area contributed by atoms with E-state index in [0.29, 0.717) is 5.15 Å². The highest BCUT2D eigenvalue weighted by atomic mass is 35.5. The summed E-state index contributed by atoms with van der Waals surface area (Å²) in [6, 6.07) is 11.6. The molecule has 0 N–H and O–H groups in total. The Labute approximate surface area is 97.3 Å². The molecular weight excluding hydrogens is 222 g/mol. The van der Waals surface area contributed by atoms with Crippen LogP contribution in [0.4, 0.5) is 0 Å². The fourth-order valence-electron chi connectivity index (χ4n) is 1.63. The quantitative estimate of drug-likeness (QED) is 0.601. The van der Waals surface area contributed by atoms with Crippen LogP contribution in [0.25, 0.3) is 16.6 Å². The lowest BCUT2D eigenvalue weighted by Crippen LogP contribution is -1.94. The van der Waals surface area contributed by atoms with Crippen LogP contribution in [0.5, 0.6) is 0 Å². The number of hydrogen-bond acceptors (Lipinski definition) is 2. The second-order valence-electron chi connectivity index (χ2n) is 3.47. The van der Waals surface area contributed by atoms with Gasteiger partial charge in [0.05, 0.1) is 11.2 Å². The molecular formula is C12H8ClN3. The number of hydrogen-bond donors (Lipinski definition) is 0. The molecule has 16 heavy (non-hydrogen) atoms. The van der Waals surface area contributed by atoms with Gasteiger partial charge < -0.3 is 0 Å². The molecule has 0 unspecified atom stereocenters. The number of benzene rings is 1. The summed E-state index contributed by atoms with van der Waals surface area (Å²) in [5, 5.41) is 6.03. The first-order chi connectivity index (χ1) is 7.83. The Morgan fingerprint density at radius 2 is 2.00 bits per heavy atom. The lowest BCUT2D eigenvalue weighted by atomic mass is 10.3. The molecule has 0 spiro atoms. The Morgan fingerprint density at radius 1 is 1.12 bits per heavy atom. The fourth-order valence-corrected chi connectivity index (χ4v) is 1.80. The Hall–Kier alpha value is -1.87. The maximum Gasteiger partial charge on any atom is 0.131 e. The molecule has 0 saturated heterocycles. The van der Waals surface area contributed by atoms with E-state index in [9.17, 15) is 0 Å². The third kappa shape index (κ3) is 1.55. The summed E-state index contributed by atoms with van der Waals surface area (Å²) >= 11 is 5.84. The van der Waals surface area contributed by atoms with E-state index in [0.717, 1.165) is 16.6 Å². The van der Waals surface area contributed by atoms with Gasteiger partial charge in [0, 0.05) is 23.8 Å². The molecule has 0 bridgehead atoms. The van der Waals surface area contributed by atoms with Crippen molar-refractivity contribution >= 4 is 22.5 Å². The van der Waals surface area contributed by atoms with Gasteiger partial charge in [0.2, 0.25) is 0 Å². The summed E-state index contributed by atoms with van der Waals surface area (Å²) < 4.78 is 1.80. The van der Waals surface area contributed by atoms with Gasteiger partial charge in [-0.3, -0.25) is 0 Å². The van der Waals surface area contributed by atoms with Gasteiger partial charge in [-0.1, -0.05) is 29.8 Å². The minimum Gasteiger partial charge on any atom is -0.244 e. The fraction of sp³-hybridized carbons (Fsp3) is 0. The zero-order valence-corrected chi connectivity index (χ0v) is 9.09. The van der Waals surface area contributed by atoms with Crippen LogP contribution < -0.4 is 0 Å². The summed E-state index contributed by atoms with van der Waals surface area (Å²) in [6.07, 6.45) is 3.64. The van der Waals surface area contributed by atoms with Crippen LogP contribution in [0.3, 0.4) is 0 Å². The topological polar surface area (TPSA) is 30.7 Å².